The molecule has 0 aliphatic heterocycles. The van der Waals surface area contributed by atoms with Crippen molar-refractivity contribution in [3.8, 4) is 17.5 Å². The summed E-state index contributed by atoms with van der Waals surface area (Å²) in [5.74, 6) is 6.50. The van der Waals surface area contributed by atoms with Gasteiger partial charge in [-0.1, -0.05) is 43.2 Å². The van der Waals surface area contributed by atoms with E-state index in [2.05, 4.69) is 77.0 Å². The minimum absolute atomic E-state index is 0.785. The van der Waals surface area contributed by atoms with E-state index in [9.17, 15) is 0 Å². The molecule has 0 unspecified atom stereocenters. The summed E-state index contributed by atoms with van der Waals surface area (Å²) in [6.07, 6.45) is 2.88. The predicted octanol–water partition coefficient (Wildman–Crippen LogP) is 4.33. The summed E-state index contributed by atoms with van der Waals surface area (Å²) in [7, 11) is 1.90. The van der Waals surface area contributed by atoms with Gasteiger partial charge >= 0.3 is 0 Å². The van der Waals surface area contributed by atoms with Gasteiger partial charge in [0, 0.05) is 35.6 Å². The highest BCUT2D eigenvalue weighted by molar-refractivity contribution is 5.88. The Hall–Kier alpha value is -3.25. The Labute approximate surface area is 147 Å². The van der Waals surface area contributed by atoms with Crippen molar-refractivity contribution < 1.29 is 0 Å². The number of para-hydroxylation sites is 2. The molecular formula is C22H19N3. The minimum Gasteiger partial charge on any atom is -0.312 e. The number of nitrogens with zero attached hydrogens (tertiary/aromatic N) is 3. The number of hydrogen-bond donors (Lipinski definition) is 0. The Morgan fingerprint density at radius 3 is 2.52 bits per heavy atom. The Morgan fingerprint density at radius 1 is 0.960 bits per heavy atom. The van der Waals surface area contributed by atoms with Crippen LogP contribution in [0, 0.1) is 11.8 Å². The summed E-state index contributed by atoms with van der Waals surface area (Å²) in [6.45, 7) is 2.19. The van der Waals surface area contributed by atoms with E-state index >= 15 is 0 Å². The molecule has 3 nitrogen and oxygen atoms in total. The van der Waals surface area contributed by atoms with E-state index in [-0.39, 0.29) is 0 Å². The maximum Gasteiger partial charge on any atom is 0.135 e. The lowest BCUT2D eigenvalue weighted by molar-refractivity contribution is 0.764. The molecule has 2 aromatic heterocycles. The monoisotopic (exact) mass is 325 g/mol. The van der Waals surface area contributed by atoms with Gasteiger partial charge in [0.15, 0.2) is 0 Å². The summed E-state index contributed by atoms with van der Waals surface area (Å²) >= 11 is 0. The molecule has 0 saturated heterocycles. The Kier molecular flexibility index (Phi) is 3.87. The van der Waals surface area contributed by atoms with Gasteiger partial charge in [0.1, 0.15) is 5.69 Å². The zero-order valence-electron chi connectivity index (χ0n) is 14.4. The van der Waals surface area contributed by atoms with Gasteiger partial charge in [-0.05, 0) is 42.7 Å². The molecule has 0 atom stereocenters. The van der Waals surface area contributed by atoms with Crippen LogP contribution in [-0.2, 0) is 13.5 Å². The molecule has 0 radical (unpaired) electrons. The first-order valence-electron chi connectivity index (χ1n) is 8.46. The highest BCUT2D eigenvalue weighted by Crippen LogP contribution is 2.27. The molecule has 0 saturated carbocycles. The highest BCUT2D eigenvalue weighted by atomic mass is 15.2. The number of aryl methyl sites for hydroxylation is 2. The van der Waals surface area contributed by atoms with Gasteiger partial charge in [0.05, 0.1) is 5.52 Å². The van der Waals surface area contributed by atoms with Crippen LogP contribution in [0.2, 0.25) is 0 Å². The molecule has 0 fully saturated rings. The molecule has 0 aliphatic carbocycles. The van der Waals surface area contributed by atoms with E-state index in [1.165, 1.54) is 16.8 Å². The maximum atomic E-state index is 4.34. The van der Waals surface area contributed by atoms with E-state index < -0.39 is 0 Å². The van der Waals surface area contributed by atoms with Gasteiger partial charge < -0.3 is 4.57 Å². The quantitative estimate of drug-likeness (QED) is 0.503. The molecule has 0 N–H and O–H groups in total. The van der Waals surface area contributed by atoms with Gasteiger partial charge in [-0.15, -0.1) is 0 Å². The van der Waals surface area contributed by atoms with E-state index in [0.717, 1.165) is 23.2 Å². The van der Waals surface area contributed by atoms with E-state index in [4.69, 9.17) is 0 Å². The van der Waals surface area contributed by atoms with Crippen LogP contribution in [0.1, 0.15) is 23.9 Å². The number of rotatable bonds is 2. The second-order valence-electron chi connectivity index (χ2n) is 6.03. The average Bonchev–Trinajstić information content (AvgIpc) is 3.24. The van der Waals surface area contributed by atoms with Crippen molar-refractivity contribution in [2.24, 2.45) is 7.05 Å². The molecular weight excluding hydrogens is 306 g/mol. The topological polar surface area (TPSA) is 22.8 Å². The third-order valence-corrected chi connectivity index (χ3v) is 4.32. The van der Waals surface area contributed by atoms with Gasteiger partial charge in [0.2, 0.25) is 0 Å². The van der Waals surface area contributed by atoms with Crippen LogP contribution in [0.3, 0.4) is 0 Å². The fourth-order valence-corrected chi connectivity index (χ4v) is 3.16. The molecule has 2 heterocycles. The average molecular weight is 325 g/mol. The largest absolute Gasteiger partial charge is 0.312 e. The lowest BCUT2D eigenvalue weighted by Crippen LogP contribution is -1.99. The summed E-state index contributed by atoms with van der Waals surface area (Å²) in [6, 6.07) is 21.0. The maximum absolute atomic E-state index is 4.34. The Morgan fingerprint density at radius 2 is 1.80 bits per heavy atom. The molecule has 0 amide bonds. The Balaban J connectivity index is 1.94. The SMILES string of the molecule is CCc1cc2cccc(C#Cc3ccn(C)n3)c2n1-c1ccccc1. The normalized spacial score (nSPS) is 10.6. The molecule has 122 valence electrons. The van der Waals surface area contributed by atoms with Gasteiger partial charge in [-0.3, -0.25) is 4.68 Å². The molecule has 4 rings (SSSR count). The van der Waals surface area contributed by atoms with Gasteiger partial charge in [-0.25, -0.2) is 0 Å². The first kappa shape index (κ1) is 15.3. The number of hydrogen-bond acceptors (Lipinski definition) is 1. The summed E-state index contributed by atoms with van der Waals surface area (Å²) < 4.78 is 4.09. The van der Waals surface area contributed by atoms with Crippen molar-refractivity contribution >= 4 is 10.9 Å². The minimum atomic E-state index is 0.785. The van der Waals surface area contributed by atoms with Crippen LogP contribution in [-0.4, -0.2) is 14.3 Å². The predicted molar refractivity (Wildman–Crippen MR) is 102 cm³/mol. The molecule has 0 spiro atoms. The Bertz CT molecular complexity index is 1090. The van der Waals surface area contributed by atoms with Crippen LogP contribution in [0.4, 0.5) is 0 Å². The fraction of sp³-hybridized carbons (Fsp3) is 0.136. The van der Waals surface area contributed by atoms with E-state index in [1.807, 2.05) is 25.4 Å². The summed E-state index contributed by atoms with van der Waals surface area (Å²) in [5, 5.41) is 5.56. The smallest absolute Gasteiger partial charge is 0.135 e. The van der Waals surface area contributed by atoms with Crippen molar-refractivity contribution in [3.63, 3.8) is 0 Å². The zero-order valence-corrected chi connectivity index (χ0v) is 14.4. The van der Waals surface area contributed by atoms with E-state index in [0.29, 0.717) is 0 Å². The number of aromatic nitrogens is 3. The third kappa shape index (κ3) is 2.83. The van der Waals surface area contributed by atoms with Crippen LogP contribution in [0.25, 0.3) is 16.6 Å². The van der Waals surface area contributed by atoms with Crippen LogP contribution in [0.15, 0.2) is 66.9 Å². The molecule has 0 aliphatic rings. The second-order valence-corrected chi connectivity index (χ2v) is 6.03. The number of fused-ring (bicyclic) bond motifs is 1. The highest BCUT2D eigenvalue weighted by Gasteiger charge is 2.12. The molecule has 0 bridgehead atoms. The molecule has 25 heavy (non-hydrogen) atoms. The summed E-state index contributed by atoms with van der Waals surface area (Å²) in [4.78, 5) is 0. The van der Waals surface area contributed by atoms with Gasteiger partial charge in [0.25, 0.3) is 0 Å². The van der Waals surface area contributed by atoms with E-state index in [1.54, 1.807) is 4.68 Å². The summed E-state index contributed by atoms with van der Waals surface area (Å²) in [5.41, 5.74) is 5.42. The lowest BCUT2D eigenvalue weighted by Gasteiger charge is -2.10. The van der Waals surface area contributed by atoms with Crippen molar-refractivity contribution in [3.05, 3.63) is 83.8 Å². The second kappa shape index (κ2) is 6.33. The van der Waals surface area contributed by atoms with Crippen molar-refractivity contribution in [1.29, 1.82) is 0 Å². The van der Waals surface area contributed by atoms with Crippen LogP contribution < -0.4 is 0 Å². The van der Waals surface area contributed by atoms with Gasteiger partial charge in [-0.2, -0.15) is 5.10 Å². The third-order valence-electron chi connectivity index (χ3n) is 4.32. The molecule has 4 aromatic rings. The molecule has 3 heteroatoms. The van der Waals surface area contributed by atoms with Crippen LogP contribution >= 0.6 is 0 Å². The van der Waals surface area contributed by atoms with Crippen LogP contribution in [0.5, 0.6) is 0 Å². The lowest BCUT2D eigenvalue weighted by atomic mass is 10.1. The number of benzene rings is 2. The zero-order chi connectivity index (χ0) is 17.2. The first-order valence-corrected chi connectivity index (χ1v) is 8.46. The van der Waals surface area contributed by atoms with Crippen molar-refractivity contribution in [2.45, 2.75) is 13.3 Å². The first-order chi connectivity index (χ1) is 12.3. The fourth-order valence-electron chi connectivity index (χ4n) is 3.16. The molecule has 2 aromatic carbocycles. The van der Waals surface area contributed by atoms with Crippen molar-refractivity contribution in [2.75, 3.05) is 0 Å². The standard InChI is InChI=1S/C22H19N3/c1-3-20-16-18-9-7-8-17(12-13-19-14-15-24(2)23-19)22(18)25(20)21-10-5-4-6-11-21/h4-11,14-16H,3H2,1-2H3. The van der Waals surface area contributed by atoms with Crippen molar-refractivity contribution in [1.82, 2.24) is 14.3 Å².